The maximum Gasteiger partial charge on any atom is 0.503 e. The molecule has 0 saturated carbocycles. The monoisotopic (exact) mass is 102 g/mol. The molecule has 0 fully saturated rings. The fraction of sp³-hybridized carbons (Fsp3) is 0.500. The average Bonchev–Trinajstić information content (AvgIpc) is 0.811. The largest absolute Gasteiger partial charge is 0.503 e. The zero-order chi connectivity index (χ0) is 3.58. The predicted octanol–water partition coefficient (Wildman–Crippen LogP) is 0.478. The zero-order valence-corrected chi connectivity index (χ0v) is 3.92. The topological polar surface area (TPSA) is 57.5 Å². The third kappa shape index (κ3) is 28300. The van der Waals surface area contributed by atoms with Gasteiger partial charge in [-0.25, -0.2) is 4.79 Å². The first-order valence-corrected chi connectivity index (χ1v) is 0.651. The lowest BCUT2D eigenvalue weighted by atomic mass is 11.5. The lowest BCUT2D eigenvalue weighted by Gasteiger charge is -1.60. The molecular formula is C2H6MgO3. The highest BCUT2D eigenvalue weighted by Gasteiger charge is 1.70. The second-order valence-electron chi connectivity index (χ2n) is 0.283. The molecule has 4 heteroatoms. The van der Waals surface area contributed by atoms with E-state index in [0.717, 1.165) is 0 Å². The minimum atomic E-state index is -1.83. The van der Waals surface area contributed by atoms with Crippen LogP contribution >= 0.6 is 0 Å². The summed E-state index contributed by atoms with van der Waals surface area (Å²) in [7, 11) is 0. The van der Waals surface area contributed by atoms with Crippen LogP contribution in [-0.4, -0.2) is 39.4 Å². The molecule has 0 spiro atoms. The smallest absolute Gasteiger partial charge is 0.450 e. The van der Waals surface area contributed by atoms with Gasteiger partial charge in [-0.15, -0.1) is 0 Å². The Morgan fingerprint density at radius 1 is 1.33 bits per heavy atom. The fourth-order valence-electron chi connectivity index (χ4n) is 0. The molecule has 0 bridgehead atoms. The van der Waals surface area contributed by atoms with Gasteiger partial charge in [0.05, 0.1) is 0 Å². The highest BCUT2D eigenvalue weighted by Crippen LogP contribution is 1.42. The van der Waals surface area contributed by atoms with Crippen molar-refractivity contribution in [2.24, 2.45) is 0 Å². The Balaban J connectivity index is -0.0000000450. The number of hydrogen-bond acceptors (Lipinski definition) is 1. The minimum absolute atomic E-state index is 0. The Hall–Kier alpha value is 0.0362. The molecule has 2 N–H and O–H groups in total. The molecule has 6 heavy (non-hydrogen) atoms. The van der Waals surface area contributed by atoms with Crippen LogP contribution in [0.4, 0.5) is 4.79 Å². The van der Waals surface area contributed by atoms with Crippen molar-refractivity contribution >= 4 is 29.2 Å². The van der Waals surface area contributed by atoms with Crippen molar-refractivity contribution < 1.29 is 15.0 Å². The standard InChI is InChI=1S/CH2O3.CH4.Mg/c2-1(3)4;;/h(H2,2,3,4);1H4;. The van der Waals surface area contributed by atoms with Crippen LogP contribution in [0.5, 0.6) is 0 Å². The van der Waals surface area contributed by atoms with Gasteiger partial charge in [-0.3, -0.25) is 0 Å². The second-order valence-corrected chi connectivity index (χ2v) is 0.283. The SMILES string of the molecule is C.O=C(O)O.[Mg]. The van der Waals surface area contributed by atoms with Crippen LogP contribution in [0, 0.1) is 0 Å². The van der Waals surface area contributed by atoms with Crippen LogP contribution in [0.1, 0.15) is 7.43 Å². The molecule has 0 aliphatic heterocycles. The van der Waals surface area contributed by atoms with E-state index in [1.54, 1.807) is 0 Å². The van der Waals surface area contributed by atoms with E-state index in [1.807, 2.05) is 0 Å². The van der Waals surface area contributed by atoms with Gasteiger partial charge >= 0.3 is 6.16 Å². The molecule has 0 rings (SSSR count). The van der Waals surface area contributed by atoms with Gasteiger partial charge in [0.2, 0.25) is 0 Å². The van der Waals surface area contributed by atoms with Gasteiger partial charge in [0.1, 0.15) is 0 Å². The fourth-order valence-corrected chi connectivity index (χ4v) is 0. The lowest BCUT2D eigenvalue weighted by molar-refractivity contribution is 0.137. The van der Waals surface area contributed by atoms with E-state index in [9.17, 15) is 0 Å². The highest BCUT2D eigenvalue weighted by atomic mass is 24.3. The summed E-state index contributed by atoms with van der Waals surface area (Å²) in [5.74, 6) is 0. The molecule has 0 saturated heterocycles. The summed E-state index contributed by atoms with van der Waals surface area (Å²) < 4.78 is 0. The molecule has 34 valence electrons. The third-order valence-corrected chi connectivity index (χ3v) is 0. The molecule has 0 aromatic heterocycles. The average molecular weight is 102 g/mol. The molecule has 0 aliphatic carbocycles. The third-order valence-electron chi connectivity index (χ3n) is 0. The van der Waals surface area contributed by atoms with Crippen molar-refractivity contribution in [3.8, 4) is 0 Å². The van der Waals surface area contributed by atoms with Crippen LogP contribution in [-0.2, 0) is 0 Å². The first kappa shape index (κ1) is 16.6. The summed E-state index contributed by atoms with van der Waals surface area (Å²) in [4.78, 5) is 8.56. The van der Waals surface area contributed by atoms with Gasteiger partial charge in [0, 0.05) is 23.1 Å². The van der Waals surface area contributed by atoms with E-state index >= 15 is 0 Å². The number of hydrogen-bond donors (Lipinski definition) is 2. The summed E-state index contributed by atoms with van der Waals surface area (Å²) in [5.41, 5.74) is 0. The summed E-state index contributed by atoms with van der Waals surface area (Å²) >= 11 is 0. The van der Waals surface area contributed by atoms with Gasteiger partial charge in [-0.2, -0.15) is 0 Å². The molecule has 0 aromatic carbocycles. The number of carboxylic acid groups (broad SMARTS) is 2. The molecule has 0 amide bonds. The summed E-state index contributed by atoms with van der Waals surface area (Å²) in [6, 6.07) is 0. The van der Waals surface area contributed by atoms with E-state index in [1.165, 1.54) is 0 Å². The normalized spacial score (nSPS) is 4.00. The molecule has 0 heterocycles. The molecule has 0 unspecified atom stereocenters. The van der Waals surface area contributed by atoms with Crippen LogP contribution < -0.4 is 0 Å². The first-order valence-electron chi connectivity index (χ1n) is 0.651. The molecular weight excluding hydrogens is 96.3 g/mol. The molecule has 0 aliphatic rings. The molecule has 0 aromatic rings. The predicted molar refractivity (Wildman–Crippen MR) is 23.1 cm³/mol. The van der Waals surface area contributed by atoms with Crippen molar-refractivity contribution in [2.75, 3.05) is 0 Å². The van der Waals surface area contributed by atoms with E-state index < -0.39 is 6.16 Å². The van der Waals surface area contributed by atoms with Crippen molar-refractivity contribution in [1.82, 2.24) is 0 Å². The van der Waals surface area contributed by atoms with Gasteiger partial charge in [-0.1, -0.05) is 7.43 Å². The highest BCUT2D eigenvalue weighted by molar-refractivity contribution is 5.75. The van der Waals surface area contributed by atoms with Gasteiger partial charge in [-0.05, 0) is 0 Å². The lowest BCUT2D eigenvalue weighted by Crippen LogP contribution is -1.81. The van der Waals surface area contributed by atoms with E-state index in [-0.39, 0.29) is 30.5 Å². The second kappa shape index (κ2) is 8.90. The van der Waals surface area contributed by atoms with Crippen molar-refractivity contribution in [3.63, 3.8) is 0 Å². The summed E-state index contributed by atoms with van der Waals surface area (Å²) in [6.07, 6.45) is -1.83. The Bertz CT molecular complexity index is 31.8. The Morgan fingerprint density at radius 2 is 1.33 bits per heavy atom. The Morgan fingerprint density at radius 3 is 1.33 bits per heavy atom. The zero-order valence-electron chi connectivity index (χ0n) is 2.51. The van der Waals surface area contributed by atoms with Gasteiger partial charge in [0.25, 0.3) is 0 Å². The maximum absolute atomic E-state index is 8.56. The van der Waals surface area contributed by atoms with Crippen molar-refractivity contribution in [1.29, 1.82) is 0 Å². The first-order chi connectivity index (χ1) is 1.73. The van der Waals surface area contributed by atoms with Gasteiger partial charge in [0.15, 0.2) is 0 Å². The van der Waals surface area contributed by atoms with Crippen LogP contribution in [0.2, 0.25) is 0 Å². The van der Waals surface area contributed by atoms with E-state index in [2.05, 4.69) is 0 Å². The van der Waals surface area contributed by atoms with Crippen LogP contribution in [0.3, 0.4) is 0 Å². The summed E-state index contributed by atoms with van der Waals surface area (Å²) in [6.45, 7) is 0. The number of carbonyl (C=O) groups is 1. The minimum Gasteiger partial charge on any atom is -0.450 e. The quantitative estimate of drug-likeness (QED) is 0.437. The maximum atomic E-state index is 8.56. The summed E-state index contributed by atoms with van der Waals surface area (Å²) in [5, 5.41) is 13.9. The Labute approximate surface area is 52.1 Å². The molecule has 0 atom stereocenters. The molecule has 2 radical (unpaired) electrons. The Kier molecular flexibility index (Phi) is 24.6. The van der Waals surface area contributed by atoms with Gasteiger partial charge < -0.3 is 10.2 Å². The van der Waals surface area contributed by atoms with Crippen LogP contribution in [0.15, 0.2) is 0 Å². The van der Waals surface area contributed by atoms with Crippen LogP contribution in [0.25, 0.3) is 0 Å². The van der Waals surface area contributed by atoms with Crippen molar-refractivity contribution in [2.45, 2.75) is 7.43 Å². The molecule has 3 nitrogen and oxygen atoms in total. The van der Waals surface area contributed by atoms with E-state index in [0.29, 0.717) is 0 Å². The van der Waals surface area contributed by atoms with Crippen molar-refractivity contribution in [3.05, 3.63) is 0 Å². The number of rotatable bonds is 0. The van der Waals surface area contributed by atoms with E-state index in [4.69, 9.17) is 15.0 Å².